The number of carbonyl (C=O) groups excluding carboxylic acids is 1. The lowest BCUT2D eigenvalue weighted by Crippen LogP contribution is -1.95. The maximum Gasteiger partial charge on any atom is 0.134 e. The second-order valence-electron chi connectivity index (χ2n) is 4.79. The summed E-state index contributed by atoms with van der Waals surface area (Å²) >= 11 is 1.92. The zero-order chi connectivity index (χ0) is 13.2. The van der Waals surface area contributed by atoms with Crippen LogP contribution in [0, 0.1) is 0 Å². The van der Waals surface area contributed by atoms with Gasteiger partial charge in [-0.3, -0.25) is 4.79 Å². The molecule has 1 aromatic carbocycles. The van der Waals surface area contributed by atoms with E-state index in [-0.39, 0.29) is 5.78 Å². The summed E-state index contributed by atoms with van der Waals surface area (Å²) < 4.78 is 0. The van der Waals surface area contributed by atoms with Crippen molar-refractivity contribution < 1.29 is 4.79 Å². The molecule has 0 saturated carbocycles. The van der Waals surface area contributed by atoms with Gasteiger partial charge in [0.05, 0.1) is 0 Å². The first kappa shape index (κ1) is 15.3. The van der Waals surface area contributed by atoms with Gasteiger partial charge in [0, 0.05) is 11.3 Å². The van der Waals surface area contributed by atoms with Gasteiger partial charge in [0.15, 0.2) is 0 Å². The standard InChI is InChI=1S/C16H24OS/c1-3-4-5-6-7-12-18-16-10-8-15(9-11-16)13-14(2)17/h8-11H,3-7,12-13H2,1-2H3. The van der Waals surface area contributed by atoms with Crippen LogP contribution < -0.4 is 0 Å². The van der Waals surface area contributed by atoms with Crippen molar-refractivity contribution in [2.45, 2.75) is 57.3 Å². The van der Waals surface area contributed by atoms with E-state index in [1.54, 1.807) is 6.92 Å². The SMILES string of the molecule is CCCCCCCSc1ccc(CC(C)=O)cc1. The highest BCUT2D eigenvalue weighted by Gasteiger charge is 1.98. The highest BCUT2D eigenvalue weighted by molar-refractivity contribution is 7.99. The molecule has 0 amide bonds. The molecule has 0 atom stereocenters. The summed E-state index contributed by atoms with van der Waals surface area (Å²) in [6, 6.07) is 8.41. The van der Waals surface area contributed by atoms with Crippen LogP contribution >= 0.6 is 11.8 Å². The average Bonchev–Trinajstić information content (AvgIpc) is 2.35. The summed E-state index contributed by atoms with van der Waals surface area (Å²) in [5.41, 5.74) is 1.12. The van der Waals surface area contributed by atoms with Gasteiger partial charge in [-0.1, -0.05) is 44.7 Å². The molecule has 18 heavy (non-hydrogen) atoms. The Morgan fingerprint density at radius 2 is 1.72 bits per heavy atom. The highest BCUT2D eigenvalue weighted by atomic mass is 32.2. The Morgan fingerprint density at radius 1 is 1.06 bits per heavy atom. The van der Waals surface area contributed by atoms with Crippen molar-refractivity contribution >= 4 is 17.5 Å². The molecule has 0 aliphatic rings. The van der Waals surface area contributed by atoms with Crippen LogP contribution in [-0.2, 0) is 11.2 Å². The van der Waals surface area contributed by atoms with E-state index >= 15 is 0 Å². The van der Waals surface area contributed by atoms with Crippen molar-refractivity contribution in [3.8, 4) is 0 Å². The molecule has 0 fully saturated rings. The maximum atomic E-state index is 11.0. The van der Waals surface area contributed by atoms with Crippen molar-refractivity contribution in [2.24, 2.45) is 0 Å². The maximum absolute atomic E-state index is 11.0. The van der Waals surface area contributed by atoms with E-state index < -0.39 is 0 Å². The molecule has 0 N–H and O–H groups in total. The first-order chi connectivity index (χ1) is 8.72. The number of rotatable bonds is 9. The number of thioether (sulfide) groups is 1. The van der Waals surface area contributed by atoms with Crippen LogP contribution in [0.4, 0.5) is 0 Å². The van der Waals surface area contributed by atoms with Crippen LogP contribution in [0.5, 0.6) is 0 Å². The van der Waals surface area contributed by atoms with Gasteiger partial charge in [-0.25, -0.2) is 0 Å². The van der Waals surface area contributed by atoms with Crippen molar-refractivity contribution in [1.82, 2.24) is 0 Å². The van der Waals surface area contributed by atoms with Crippen LogP contribution in [0.15, 0.2) is 29.2 Å². The molecule has 2 heteroatoms. The highest BCUT2D eigenvalue weighted by Crippen LogP contribution is 2.20. The van der Waals surface area contributed by atoms with Gasteiger partial charge < -0.3 is 0 Å². The summed E-state index contributed by atoms with van der Waals surface area (Å²) in [6.45, 7) is 3.89. The largest absolute Gasteiger partial charge is 0.300 e. The fourth-order valence-corrected chi connectivity index (χ4v) is 2.80. The number of unbranched alkanes of at least 4 members (excludes halogenated alkanes) is 4. The number of carbonyl (C=O) groups is 1. The molecule has 0 heterocycles. The summed E-state index contributed by atoms with van der Waals surface area (Å²) in [4.78, 5) is 12.3. The fourth-order valence-electron chi connectivity index (χ4n) is 1.89. The zero-order valence-corrected chi connectivity index (χ0v) is 12.4. The first-order valence-corrected chi connectivity index (χ1v) is 7.92. The quantitative estimate of drug-likeness (QED) is 0.467. The second kappa shape index (κ2) is 9.21. The normalized spacial score (nSPS) is 10.6. The van der Waals surface area contributed by atoms with E-state index in [1.807, 2.05) is 11.8 Å². The van der Waals surface area contributed by atoms with Gasteiger partial charge in [-0.05, 0) is 36.8 Å². The number of hydrogen-bond acceptors (Lipinski definition) is 2. The van der Waals surface area contributed by atoms with E-state index in [4.69, 9.17) is 0 Å². The third-order valence-corrected chi connectivity index (χ3v) is 3.99. The predicted molar refractivity (Wildman–Crippen MR) is 80.3 cm³/mol. The fraction of sp³-hybridized carbons (Fsp3) is 0.562. The number of ketones is 1. The molecule has 0 bridgehead atoms. The molecule has 0 unspecified atom stereocenters. The molecule has 0 aliphatic heterocycles. The Labute approximate surface area is 115 Å². The second-order valence-corrected chi connectivity index (χ2v) is 5.95. The molecule has 100 valence electrons. The summed E-state index contributed by atoms with van der Waals surface area (Å²) in [7, 11) is 0. The minimum Gasteiger partial charge on any atom is -0.300 e. The average molecular weight is 264 g/mol. The van der Waals surface area contributed by atoms with E-state index in [9.17, 15) is 4.79 Å². The Kier molecular flexibility index (Phi) is 7.83. The van der Waals surface area contributed by atoms with Crippen LogP contribution in [0.3, 0.4) is 0 Å². The van der Waals surface area contributed by atoms with Gasteiger partial charge in [-0.15, -0.1) is 11.8 Å². The Morgan fingerprint density at radius 3 is 2.33 bits per heavy atom. The van der Waals surface area contributed by atoms with Gasteiger partial charge in [-0.2, -0.15) is 0 Å². The Balaban J connectivity index is 2.20. The van der Waals surface area contributed by atoms with Gasteiger partial charge in [0.25, 0.3) is 0 Å². The molecule has 0 radical (unpaired) electrons. The van der Waals surface area contributed by atoms with E-state index in [0.29, 0.717) is 6.42 Å². The molecule has 0 saturated heterocycles. The summed E-state index contributed by atoms with van der Waals surface area (Å²) in [5.74, 6) is 1.43. The minimum absolute atomic E-state index is 0.228. The summed E-state index contributed by atoms with van der Waals surface area (Å²) in [5, 5.41) is 0. The van der Waals surface area contributed by atoms with Crippen LogP contribution in [0.25, 0.3) is 0 Å². The van der Waals surface area contributed by atoms with Crippen LogP contribution in [0.2, 0.25) is 0 Å². The van der Waals surface area contributed by atoms with Gasteiger partial charge >= 0.3 is 0 Å². The Bertz CT molecular complexity index is 343. The van der Waals surface area contributed by atoms with Crippen molar-refractivity contribution in [1.29, 1.82) is 0 Å². The lowest BCUT2D eigenvalue weighted by molar-refractivity contribution is -0.116. The molecular weight excluding hydrogens is 240 g/mol. The van der Waals surface area contributed by atoms with Gasteiger partial charge in [0.1, 0.15) is 5.78 Å². The molecule has 1 rings (SSSR count). The van der Waals surface area contributed by atoms with Crippen molar-refractivity contribution in [3.05, 3.63) is 29.8 Å². The van der Waals surface area contributed by atoms with Crippen LogP contribution in [0.1, 0.15) is 51.5 Å². The lowest BCUT2D eigenvalue weighted by Gasteiger charge is -2.03. The van der Waals surface area contributed by atoms with Crippen molar-refractivity contribution in [2.75, 3.05) is 5.75 Å². The molecule has 0 aliphatic carbocycles. The smallest absolute Gasteiger partial charge is 0.134 e. The molecule has 0 aromatic heterocycles. The number of Topliss-reactive ketones (excluding diaryl/α,β-unsaturated/α-hetero) is 1. The number of hydrogen-bond donors (Lipinski definition) is 0. The Hall–Kier alpha value is -0.760. The number of benzene rings is 1. The van der Waals surface area contributed by atoms with Crippen LogP contribution in [-0.4, -0.2) is 11.5 Å². The van der Waals surface area contributed by atoms with Crippen molar-refractivity contribution in [3.63, 3.8) is 0 Å². The monoisotopic (exact) mass is 264 g/mol. The summed E-state index contributed by atoms with van der Waals surface area (Å²) in [6.07, 6.45) is 7.26. The van der Waals surface area contributed by atoms with E-state index in [0.717, 1.165) is 5.56 Å². The molecule has 1 nitrogen and oxygen atoms in total. The van der Waals surface area contributed by atoms with Gasteiger partial charge in [0.2, 0.25) is 0 Å². The zero-order valence-electron chi connectivity index (χ0n) is 11.6. The van der Waals surface area contributed by atoms with E-state index in [2.05, 4.69) is 31.2 Å². The lowest BCUT2D eigenvalue weighted by atomic mass is 10.1. The topological polar surface area (TPSA) is 17.1 Å². The molecule has 1 aromatic rings. The molecular formula is C16H24OS. The van der Waals surface area contributed by atoms with E-state index in [1.165, 1.54) is 42.8 Å². The predicted octanol–water partition coefficient (Wildman–Crippen LogP) is 4.88. The first-order valence-electron chi connectivity index (χ1n) is 6.93. The third kappa shape index (κ3) is 6.85. The molecule has 0 spiro atoms. The third-order valence-electron chi connectivity index (χ3n) is 2.89. The minimum atomic E-state index is 0.228.